The summed E-state index contributed by atoms with van der Waals surface area (Å²) < 4.78 is 6.85. The normalized spacial score (nSPS) is 10.1. The summed E-state index contributed by atoms with van der Waals surface area (Å²) >= 11 is 0. The van der Waals surface area contributed by atoms with Gasteiger partial charge in [0.05, 0.1) is 6.61 Å². The second-order valence-corrected chi connectivity index (χ2v) is 4.30. The van der Waals surface area contributed by atoms with Crippen LogP contribution in [0.3, 0.4) is 0 Å². The van der Waals surface area contributed by atoms with Gasteiger partial charge in [-0.1, -0.05) is 30.3 Å². The second-order valence-electron chi connectivity index (χ2n) is 4.30. The average Bonchev–Trinajstić information content (AvgIpc) is 2.48. The number of halogens is 1. The topological polar surface area (TPSA) is 30.2 Å². The van der Waals surface area contributed by atoms with Crippen LogP contribution in [0.15, 0.2) is 54.7 Å². The van der Waals surface area contributed by atoms with Crippen LogP contribution in [0, 0.1) is 0 Å². The van der Waals surface area contributed by atoms with Crippen molar-refractivity contribution >= 4 is 18.1 Å². The number of benzene rings is 1. The Morgan fingerprint density at radius 3 is 2.52 bits per heavy atom. The summed E-state index contributed by atoms with van der Waals surface area (Å²) in [6.07, 6.45) is 5.90. The van der Waals surface area contributed by atoms with Crippen LogP contribution < -0.4 is 21.5 Å². The number of hydrogen-bond acceptors (Lipinski definition) is 2. The molecule has 4 heteroatoms. The molecule has 0 aliphatic heterocycles. The van der Waals surface area contributed by atoms with Crippen molar-refractivity contribution in [3.05, 3.63) is 66.0 Å². The number of carbonyl (C=O) groups is 1. The van der Waals surface area contributed by atoms with E-state index in [1.165, 1.54) is 0 Å². The molecule has 0 bridgehead atoms. The first kappa shape index (κ1) is 17.1. The van der Waals surface area contributed by atoms with E-state index in [9.17, 15) is 4.79 Å². The van der Waals surface area contributed by atoms with Crippen LogP contribution in [0.25, 0.3) is 12.2 Å². The van der Waals surface area contributed by atoms with E-state index in [4.69, 9.17) is 4.74 Å². The van der Waals surface area contributed by atoms with E-state index in [0.717, 1.165) is 11.3 Å². The van der Waals surface area contributed by atoms with Gasteiger partial charge in [0.15, 0.2) is 6.20 Å². The highest BCUT2D eigenvalue weighted by Gasteiger charge is 2.13. The van der Waals surface area contributed by atoms with Gasteiger partial charge >= 0.3 is 5.97 Å². The Bertz CT molecular complexity index is 597. The van der Waals surface area contributed by atoms with Crippen LogP contribution in [0.5, 0.6) is 0 Å². The number of pyridine rings is 1. The minimum absolute atomic E-state index is 0. The van der Waals surface area contributed by atoms with Crippen LogP contribution in [-0.2, 0) is 16.1 Å². The molecule has 2 rings (SSSR count). The van der Waals surface area contributed by atoms with Gasteiger partial charge < -0.3 is 21.7 Å². The van der Waals surface area contributed by atoms with Gasteiger partial charge in [0.2, 0.25) is 12.2 Å². The van der Waals surface area contributed by atoms with Crippen LogP contribution in [0.2, 0.25) is 0 Å². The quantitative estimate of drug-likeness (QED) is 0.549. The van der Waals surface area contributed by atoms with Gasteiger partial charge in [-0.2, -0.15) is 4.57 Å². The van der Waals surface area contributed by atoms with Crippen LogP contribution in [-0.4, -0.2) is 12.6 Å². The van der Waals surface area contributed by atoms with Gasteiger partial charge in [0.1, 0.15) is 0 Å². The first-order valence-corrected chi connectivity index (χ1v) is 6.67. The molecule has 1 aromatic carbocycles. The third kappa shape index (κ3) is 5.52. The Hall–Kier alpha value is -1.94. The largest absolute Gasteiger partial charge is 1.00 e. The maximum absolute atomic E-state index is 11.6. The predicted molar refractivity (Wildman–Crippen MR) is 78.6 cm³/mol. The molecule has 3 nitrogen and oxygen atoms in total. The fourth-order valence-corrected chi connectivity index (χ4v) is 1.88. The maximum atomic E-state index is 11.6. The van der Waals surface area contributed by atoms with Crippen LogP contribution in [0.1, 0.15) is 18.2 Å². The fraction of sp³-hybridized carbons (Fsp3) is 0.176. The molecule has 0 spiro atoms. The molecule has 0 unspecified atom stereocenters. The number of hydrogen-bond donors (Lipinski definition) is 0. The summed E-state index contributed by atoms with van der Waals surface area (Å²) in [5.41, 5.74) is 2.09. The summed E-state index contributed by atoms with van der Waals surface area (Å²) in [5.74, 6) is -0.224. The molecule has 0 atom stereocenters. The van der Waals surface area contributed by atoms with Crippen molar-refractivity contribution in [2.24, 2.45) is 0 Å². The fourth-order valence-electron chi connectivity index (χ4n) is 1.88. The van der Waals surface area contributed by atoms with Crippen molar-refractivity contribution in [2.45, 2.75) is 13.5 Å². The van der Waals surface area contributed by atoms with Gasteiger partial charge in [0, 0.05) is 18.2 Å². The van der Waals surface area contributed by atoms with Crippen molar-refractivity contribution in [3.8, 4) is 0 Å². The molecule has 0 aliphatic rings. The molecule has 0 fully saturated rings. The molecular formula is C17H18BrNO2. The molecule has 1 aromatic heterocycles. The van der Waals surface area contributed by atoms with Crippen LogP contribution >= 0.6 is 0 Å². The molecule has 0 radical (unpaired) electrons. The zero-order valence-electron chi connectivity index (χ0n) is 11.9. The first-order chi connectivity index (χ1) is 9.79. The Balaban J connectivity index is 0.00000220. The number of nitrogens with zero attached hydrogens (tertiary/aromatic N) is 1. The lowest BCUT2D eigenvalue weighted by atomic mass is 10.2. The second kappa shape index (κ2) is 9.08. The van der Waals surface area contributed by atoms with Crippen LogP contribution in [0.4, 0.5) is 0 Å². The van der Waals surface area contributed by atoms with Gasteiger partial charge in [0.25, 0.3) is 0 Å². The van der Waals surface area contributed by atoms with Gasteiger partial charge in [-0.15, -0.1) is 0 Å². The van der Waals surface area contributed by atoms with E-state index in [-0.39, 0.29) is 29.5 Å². The molecule has 0 saturated carbocycles. The van der Waals surface area contributed by atoms with E-state index in [1.807, 2.05) is 78.4 Å². The number of esters is 1. The summed E-state index contributed by atoms with van der Waals surface area (Å²) in [7, 11) is 0. The zero-order valence-corrected chi connectivity index (χ0v) is 13.5. The maximum Gasteiger partial charge on any atom is 0.372 e. The molecule has 2 aromatic rings. The van der Waals surface area contributed by atoms with E-state index in [2.05, 4.69) is 0 Å². The Morgan fingerprint density at radius 1 is 1.10 bits per heavy atom. The highest BCUT2D eigenvalue weighted by molar-refractivity contribution is 5.69. The summed E-state index contributed by atoms with van der Waals surface area (Å²) in [5, 5.41) is 0. The first-order valence-electron chi connectivity index (χ1n) is 6.67. The number of ether oxygens (including phenoxy) is 1. The molecule has 1 heterocycles. The molecule has 21 heavy (non-hydrogen) atoms. The standard InChI is InChI=1S/C17H18NO2.BrH/c1-2-20-17(19)14-18-13-7-6-10-16(18)12-11-15-8-4-3-5-9-15;/h3-13H,2,14H2,1H3;1H/q+1;/p-1/b12-11+;. The highest BCUT2D eigenvalue weighted by Crippen LogP contribution is 2.04. The third-order valence-electron chi connectivity index (χ3n) is 2.83. The van der Waals surface area contributed by atoms with Gasteiger partial charge in [-0.25, -0.2) is 4.79 Å². The van der Waals surface area contributed by atoms with E-state index < -0.39 is 0 Å². The minimum Gasteiger partial charge on any atom is -1.00 e. The molecule has 0 saturated heterocycles. The van der Waals surface area contributed by atoms with Gasteiger partial charge in [-0.3, -0.25) is 0 Å². The lowest BCUT2D eigenvalue weighted by Gasteiger charge is -2.01. The van der Waals surface area contributed by atoms with Crippen molar-refractivity contribution in [2.75, 3.05) is 6.61 Å². The lowest BCUT2D eigenvalue weighted by molar-refractivity contribution is -0.687. The summed E-state index contributed by atoms with van der Waals surface area (Å²) in [4.78, 5) is 11.6. The predicted octanol–water partition coefficient (Wildman–Crippen LogP) is -0.288. The van der Waals surface area contributed by atoms with Crippen molar-refractivity contribution < 1.29 is 31.1 Å². The van der Waals surface area contributed by atoms with E-state index in [1.54, 1.807) is 0 Å². The van der Waals surface area contributed by atoms with Crippen molar-refractivity contribution in [1.82, 2.24) is 0 Å². The lowest BCUT2D eigenvalue weighted by Crippen LogP contribution is -3.00. The van der Waals surface area contributed by atoms with Gasteiger partial charge in [-0.05, 0) is 24.6 Å². The SMILES string of the molecule is CCOC(=O)C[n+]1ccccc1/C=C/c1ccccc1.[Br-]. The van der Waals surface area contributed by atoms with E-state index >= 15 is 0 Å². The number of aromatic nitrogens is 1. The number of carbonyl (C=O) groups excluding carboxylic acids is 1. The molecular weight excluding hydrogens is 330 g/mol. The minimum atomic E-state index is -0.224. The van der Waals surface area contributed by atoms with Crippen molar-refractivity contribution in [1.29, 1.82) is 0 Å². The monoisotopic (exact) mass is 347 g/mol. The molecule has 0 N–H and O–H groups in total. The van der Waals surface area contributed by atoms with E-state index in [0.29, 0.717) is 6.61 Å². The van der Waals surface area contributed by atoms with Crippen molar-refractivity contribution in [3.63, 3.8) is 0 Å². The Morgan fingerprint density at radius 2 is 1.81 bits per heavy atom. The Labute approximate surface area is 135 Å². The highest BCUT2D eigenvalue weighted by atomic mass is 79.9. The third-order valence-corrected chi connectivity index (χ3v) is 2.83. The average molecular weight is 348 g/mol. The smallest absolute Gasteiger partial charge is 0.372 e. The zero-order chi connectivity index (χ0) is 14.2. The number of rotatable bonds is 5. The molecule has 110 valence electrons. The molecule has 0 amide bonds. The summed E-state index contributed by atoms with van der Waals surface area (Å²) in [6, 6.07) is 15.9. The molecule has 0 aliphatic carbocycles. The Kier molecular flexibility index (Phi) is 7.40. The summed E-state index contributed by atoms with van der Waals surface area (Å²) in [6.45, 7) is 2.44.